The maximum Gasteiger partial charge on any atom is 0.318 e. The van der Waals surface area contributed by atoms with Gasteiger partial charge in [-0.1, -0.05) is 30.3 Å². The predicted molar refractivity (Wildman–Crippen MR) is 167 cm³/mol. The highest BCUT2D eigenvalue weighted by molar-refractivity contribution is 6.31. The van der Waals surface area contributed by atoms with Crippen molar-refractivity contribution in [2.75, 3.05) is 57.8 Å². The second kappa shape index (κ2) is 11.5. The highest BCUT2D eigenvalue weighted by Crippen LogP contribution is 2.50. The van der Waals surface area contributed by atoms with E-state index in [2.05, 4.69) is 39.2 Å². The lowest BCUT2D eigenvalue weighted by atomic mass is 9.81. The number of benzene rings is 1. The Hall–Kier alpha value is -3.33. The minimum atomic E-state index is -1.03. The van der Waals surface area contributed by atoms with Gasteiger partial charge in [-0.3, -0.25) is 14.6 Å². The summed E-state index contributed by atoms with van der Waals surface area (Å²) in [5.41, 5.74) is 3.66. The molecular formula is C33H38ClF2N7O2. The smallest absolute Gasteiger partial charge is 0.318 e. The number of hydrogen-bond donors (Lipinski definition) is 0. The molecule has 1 aromatic carbocycles. The lowest BCUT2D eigenvalue weighted by Gasteiger charge is -2.46. The van der Waals surface area contributed by atoms with Crippen molar-refractivity contribution >= 4 is 23.3 Å². The number of fused-ring (bicyclic) bond motifs is 4. The number of piperazine rings is 1. The van der Waals surface area contributed by atoms with Gasteiger partial charge >= 0.3 is 6.01 Å². The zero-order valence-corrected chi connectivity index (χ0v) is 26.3. The minimum absolute atomic E-state index is 0.0372. The van der Waals surface area contributed by atoms with Crippen LogP contribution in [0, 0.1) is 6.57 Å². The third-order valence-electron chi connectivity index (χ3n) is 10.9. The average Bonchev–Trinajstić information content (AvgIpc) is 3.67. The maximum absolute atomic E-state index is 14.5. The van der Waals surface area contributed by atoms with Crippen molar-refractivity contribution in [3.63, 3.8) is 0 Å². The summed E-state index contributed by atoms with van der Waals surface area (Å²) in [5.74, 6) is -1.10. The number of aromatic nitrogens is 2. The van der Waals surface area contributed by atoms with Gasteiger partial charge in [0, 0.05) is 56.2 Å². The summed E-state index contributed by atoms with van der Waals surface area (Å²) in [5, 5.41) is 0.785. The summed E-state index contributed by atoms with van der Waals surface area (Å²) in [6.45, 7) is 13.9. The molecule has 5 heterocycles. The van der Waals surface area contributed by atoms with Crippen LogP contribution in [0.1, 0.15) is 48.1 Å². The molecular weight excluding hydrogens is 600 g/mol. The number of ether oxygens (including phenoxy) is 1. The van der Waals surface area contributed by atoms with Crippen LogP contribution in [0.3, 0.4) is 0 Å². The van der Waals surface area contributed by atoms with Gasteiger partial charge in [0.15, 0.2) is 5.83 Å². The van der Waals surface area contributed by atoms with E-state index in [-0.39, 0.29) is 30.2 Å². The number of hydrogen-bond acceptors (Lipinski definition) is 7. The van der Waals surface area contributed by atoms with Crippen molar-refractivity contribution in [2.45, 2.75) is 68.4 Å². The molecule has 3 fully saturated rings. The molecule has 1 aliphatic carbocycles. The Bertz CT molecular complexity index is 1580. The first-order valence-electron chi connectivity index (χ1n) is 15.8. The van der Waals surface area contributed by atoms with E-state index >= 15 is 0 Å². The van der Waals surface area contributed by atoms with Crippen molar-refractivity contribution in [3.05, 3.63) is 69.4 Å². The molecule has 1 aromatic heterocycles. The zero-order valence-electron chi connectivity index (χ0n) is 25.6. The van der Waals surface area contributed by atoms with E-state index in [4.69, 9.17) is 32.9 Å². The van der Waals surface area contributed by atoms with Crippen LogP contribution in [0.4, 0.5) is 14.6 Å². The Morgan fingerprint density at radius 3 is 2.87 bits per heavy atom. The van der Waals surface area contributed by atoms with E-state index in [1.165, 1.54) is 16.0 Å². The number of carbonyl (C=O) groups excluding carboxylic acids is 1. The zero-order chi connectivity index (χ0) is 31.5. The third-order valence-corrected chi connectivity index (χ3v) is 11.2. The van der Waals surface area contributed by atoms with Crippen molar-refractivity contribution in [1.29, 1.82) is 0 Å². The summed E-state index contributed by atoms with van der Waals surface area (Å²) in [6.07, 6.45) is 3.92. The van der Waals surface area contributed by atoms with Gasteiger partial charge in [-0.15, -0.1) is 0 Å². The first-order chi connectivity index (χ1) is 21.6. The Balaban J connectivity index is 1.25. The standard InChI is InChI=1S/C33H38ClF2N7O2/c1-21(35)30(44)43-13-12-41(18-23(43)16-37-2)29-25-19-40(3)33(10-8-24-26(33)6-4-7-27(24)34)15-28(25)38-31(39-29)45-20-32-9-5-11-42(32)17-22(36)14-32/h4,6-7,22-23H,1,5,8-20H2,3H3/t22-,23+,32+,33?/m1/s1. The largest absolute Gasteiger partial charge is 0.461 e. The number of carbonyl (C=O) groups is 1. The maximum atomic E-state index is 14.5. The van der Waals surface area contributed by atoms with Gasteiger partial charge < -0.3 is 19.4 Å². The molecule has 9 nitrogen and oxygen atoms in total. The van der Waals surface area contributed by atoms with E-state index in [9.17, 15) is 13.6 Å². The van der Waals surface area contributed by atoms with E-state index < -0.39 is 23.9 Å². The predicted octanol–water partition coefficient (Wildman–Crippen LogP) is 4.33. The second-order valence-corrected chi connectivity index (χ2v) is 13.7. The minimum Gasteiger partial charge on any atom is -0.461 e. The van der Waals surface area contributed by atoms with Crippen molar-refractivity contribution in [3.8, 4) is 6.01 Å². The number of anilines is 1. The lowest BCUT2D eigenvalue weighted by molar-refractivity contribution is -0.131. The van der Waals surface area contributed by atoms with Crippen molar-refractivity contribution in [2.24, 2.45) is 0 Å². The Morgan fingerprint density at radius 1 is 1.22 bits per heavy atom. The fraction of sp³-hybridized carbons (Fsp3) is 0.576. The third kappa shape index (κ3) is 5.06. The van der Waals surface area contributed by atoms with E-state index in [0.29, 0.717) is 51.4 Å². The Kier molecular flexibility index (Phi) is 7.74. The van der Waals surface area contributed by atoms with Crippen LogP contribution in [-0.4, -0.2) is 101 Å². The van der Waals surface area contributed by atoms with Crippen LogP contribution >= 0.6 is 11.6 Å². The molecule has 4 atom stereocenters. The Morgan fingerprint density at radius 2 is 2.07 bits per heavy atom. The highest BCUT2D eigenvalue weighted by Gasteiger charge is 2.50. The molecule has 1 unspecified atom stereocenters. The quantitative estimate of drug-likeness (QED) is 0.345. The van der Waals surface area contributed by atoms with Crippen LogP contribution in [0.15, 0.2) is 30.6 Å². The molecule has 3 saturated heterocycles. The lowest BCUT2D eigenvalue weighted by Crippen LogP contribution is -2.57. The normalized spacial score (nSPS) is 29.4. The van der Waals surface area contributed by atoms with Crippen molar-refractivity contribution < 1.29 is 18.3 Å². The number of nitrogens with zero attached hydrogens (tertiary/aromatic N) is 7. The summed E-state index contributed by atoms with van der Waals surface area (Å²) >= 11 is 6.64. The molecule has 45 heavy (non-hydrogen) atoms. The van der Waals surface area contributed by atoms with Gasteiger partial charge in [0.25, 0.3) is 5.91 Å². The SMILES string of the molecule is [C-]#[N+]C[C@H]1CN(c2nc(OC[C@@]34CCCN3C[C@H](F)C4)nc3c2CN(C)C2(CCc4c(Cl)cccc42)C3)CCN1C(=O)C(=C)F. The summed E-state index contributed by atoms with van der Waals surface area (Å²) in [7, 11) is 2.12. The molecule has 2 aromatic rings. The van der Waals surface area contributed by atoms with Crippen molar-refractivity contribution in [1.82, 2.24) is 24.7 Å². The van der Waals surface area contributed by atoms with Gasteiger partial charge in [0.1, 0.15) is 24.6 Å². The fourth-order valence-electron chi connectivity index (χ4n) is 8.61. The summed E-state index contributed by atoms with van der Waals surface area (Å²) in [6, 6.07) is 5.86. The first kappa shape index (κ1) is 30.3. The second-order valence-electron chi connectivity index (χ2n) is 13.3. The van der Waals surface area contributed by atoms with Gasteiger partial charge in [-0.25, -0.2) is 15.4 Å². The highest BCUT2D eigenvalue weighted by atomic mass is 35.5. The van der Waals surface area contributed by atoms with Gasteiger partial charge in [0.2, 0.25) is 6.54 Å². The Labute approximate surface area is 267 Å². The van der Waals surface area contributed by atoms with E-state index in [1.807, 2.05) is 12.1 Å². The topological polar surface area (TPSA) is 69.4 Å². The van der Waals surface area contributed by atoms with Crippen LogP contribution in [0.2, 0.25) is 5.02 Å². The first-order valence-corrected chi connectivity index (χ1v) is 16.2. The molecule has 1 amide bonds. The average molecular weight is 638 g/mol. The summed E-state index contributed by atoms with van der Waals surface area (Å²) < 4.78 is 34.8. The monoisotopic (exact) mass is 637 g/mol. The van der Waals surface area contributed by atoms with Gasteiger partial charge in [0.05, 0.1) is 16.8 Å². The van der Waals surface area contributed by atoms with Gasteiger partial charge in [-0.05, 0) is 56.5 Å². The molecule has 0 bridgehead atoms. The molecule has 1 spiro atoms. The van der Waals surface area contributed by atoms with Crippen LogP contribution in [-0.2, 0) is 29.7 Å². The van der Waals surface area contributed by atoms with E-state index in [0.717, 1.165) is 48.5 Å². The number of rotatable bonds is 6. The molecule has 7 rings (SSSR count). The fourth-order valence-corrected chi connectivity index (χ4v) is 8.87. The van der Waals surface area contributed by atoms with Crippen LogP contribution in [0.5, 0.6) is 6.01 Å². The van der Waals surface area contributed by atoms with E-state index in [1.54, 1.807) is 0 Å². The summed E-state index contributed by atoms with van der Waals surface area (Å²) in [4.78, 5) is 34.2. The molecule has 0 saturated carbocycles. The number of amides is 1. The number of alkyl halides is 1. The van der Waals surface area contributed by atoms with Crippen LogP contribution in [0.25, 0.3) is 4.85 Å². The van der Waals surface area contributed by atoms with Crippen LogP contribution < -0.4 is 9.64 Å². The molecule has 12 heteroatoms. The molecule has 0 N–H and O–H groups in total. The van der Waals surface area contributed by atoms with Gasteiger partial charge in [-0.2, -0.15) is 9.97 Å². The molecule has 0 radical (unpaired) electrons. The number of halogens is 3. The molecule has 5 aliphatic rings. The molecule has 238 valence electrons. The number of likely N-dealkylation sites (N-methyl/N-ethyl adjacent to an activating group) is 1. The molecule has 4 aliphatic heterocycles.